The molecule has 5 heteroatoms. The number of aldehydes is 1. The summed E-state index contributed by atoms with van der Waals surface area (Å²) in [6.07, 6.45) is 2.64. The fourth-order valence-corrected chi connectivity index (χ4v) is 3.22. The van der Waals surface area contributed by atoms with Crippen LogP contribution in [0.4, 0.5) is 0 Å². The van der Waals surface area contributed by atoms with Crippen molar-refractivity contribution in [3.8, 4) is 0 Å². The van der Waals surface area contributed by atoms with Gasteiger partial charge in [-0.3, -0.25) is 4.79 Å². The highest BCUT2D eigenvalue weighted by Crippen LogP contribution is 2.49. The Morgan fingerprint density at radius 3 is 3.00 bits per heavy atom. The maximum Gasteiger partial charge on any atom is 0.334 e. The van der Waals surface area contributed by atoms with Crippen molar-refractivity contribution in [3.63, 3.8) is 0 Å². The molecule has 0 saturated carbocycles. The molecule has 2 heterocycles. The summed E-state index contributed by atoms with van der Waals surface area (Å²) in [5.41, 5.74) is 0.400. The van der Waals surface area contributed by atoms with Crippen molar-refractivity contribution in [2.45, 2.75) is 50.1 Å². The predicted molar refractivity (Wildman–Crippen MR) is 69.8 cm³/mol. The Morgan fingerprint density at radius 1 is 1.55 bits per heavy atom. The molecule has 0 radical (unpaired) electrons. The van der Waals surface area contributed by atoms with Crippen LogP contribution in [0.25, 0.3) is 0 Å². The summed E-state index contributed by atoms with van der Waals surface area (Å²) in [6, 6.07) is 0. The van der Waals surface area contributed by atoms with E-state index in [4.69, 9.17) is 9.47 Å². The van der Waals surface area contributed by atoms with E-state index in [0.717, 1.165) is 6.42 Å². The van der Waals surface area contributed by atoms with Crippen LogP contribution < -0.4 is 0 Å². The zero-order valence-corrected chi connectivity index (χ0v) is 11.4. The van der Waals surface area contributed by atoms with E-state index in [1.807, 2.05) is 6.92 Å². The molecule has 0 aromatic rings. The summed E-state index contributed by atoms with van der Waals surface area (Å²) >= 11 is 0. The predicted octanol–water partition coefficient (Wildman–Crippen LogP) is 0.912. The number of hydrogen-bond acceptors (Lipinski definition) is 5. The maximum atomic E-state index is 11.7. The molecule has 20 heavy (non-hydrogen) atoms. The molecule has 3 aliphatic rings. The first kappa shape index (κ1) is 13.5. The van der Waals surface area contributed by atoms with E-state index in [9.17, 15) is 14.7 Å². The monoisotopic (exact) mass is 278 g/mol. The normalized spacial score (nSPS) is 44.0. The van der Waals surface area contributed by atoms with Crippen molar-refractivity contribution in [3.05, 3.63) is 23.8 Å². The van der Waals surface area contributed by atoms with Crippen LogP contribution in [-0.4, -0.2) is 41.3 Å². The number of ether oxygens (including phenoxy) is 2. The molecule has 1 aliphatic carbocycles. The molecule has 108 valence electrons. The van der Waals surface area contributed by atoms with Gasteiger partial charge in [-0.05, 0) is 26.2 Å². The molecule has 0 amide bonds. The van der Waals surface area contributed by atoms with Crippen LogP contribution in [0.1, 0.15) is 26.2 Å². The highest BCUT2D eigenvalue weighted by molar-refractivity contribution is 5.91. The summed E-state index contributed by atoms with van der Waals surface area (Å²) < 4.78 is 11.1. The van der Waals surface area contributed by atoms with Gasteiger partial charge in [0, 0.05) is 17.1 Å². The summed E-state index contributed by atoms with van der Waals surface area (Å²) in [6.45, 7) is 5.74. The smallest absolute Gasteiger partial charge is 0.334 e. The van der Waals surface area contributed by atoms with E-state index < -0.39 is 18.2 Å². The lowest BCUT2D eigenvalue weighted by Crippen LogP contribution is -2.32. The molecule has 0 bridgehead atoms. The minimum absolute atomic E-state index is 0.144. The second-order valence-electron chi connectivity index (χ2n) is 5.96. The molecule has 1 N–H and O–H groups in total. The summed E-state index contributed by atoms with van der Waals surface area (Å²) in [5, 5.41) is 10.2. The molecule has 0 aromatic heterocycles. The molecular weight excluding hydrogens is 260 g/mol. The number of esters is 1. The Morgan fingerprint density at radius 2 is 2.30 bits per heavy atom. The van der Waals surface area contributed by atoms with Gasteiger partial charge in [-0.25, -0.2) is 4.79 Å². The average molecular weight is 278 g/mol. The van der Waals surface area contributed by atoms with Gasteiger partial charge in [-0.2, -0.15) is 0 Å². The number of rotatable bonds is 1. The number of aliphatic hydroxyl groups excluding tert-OH is 1. The van der Waals surface area contributed by atoms with Gasteiger partial charge in [0.1, 0.15) is 18.5 Å². The lowest BCUT2D eigenvalue weighted by Gasteiger charge is -2.21. The Labute approximate surface area is 117 Å². The molecule has 0 spiro atoms. The van der Waals surface area contributed by atoms with Crippen molar-refractivity contribution in [2.24, 2.45) is 5.92 Å². The van der Waals surface area contributed by atoms with E-state index in [1.54, 1.807) is 6.08 Å². The van der Waals surface area contributed by atoms with Crippen LogP contribution in [0.15, 0.2) is 23.8 Å². The zero-order valence-electron chi connectivity index (χ0n) is 11.4. The first-order valence-electron chi connectivity index (χ1n) is 6.87. The Balaban J connectivity index is 1.93. The second kappa shape index (κ2) is 4.53. The van der Waals surface area contributed by atoms with E-state index in [0.29, 0.717) is 23.9 Å². The molecule has 2 fully saturated rings. The van der Waals surface area contributed by atoms with Gasteiger partial charge in [0.25, 0.3) is 0 Å². The third-order valence-electron chi connectivity index (χ3n) is 4.61. The Bertz CT molecular complexity index is 508. The van der Waals surface area contributed by atoms with Crippen molar-refractivity contribution < 1.29 is 24.2 Å². The number of carbonyl (C=O) groups is 2. The van der Waals surface area contributed by atoms with E-state index >= 15 is 0 Å². The first-order valence-corrected chi connectivity index (χ1v) is 6.87. The van der Waals surface area contributed by atoms with Gasteiger partial charge >= 0.3 is 5.97 Å². The van der Waals surface area contributed by atoms with Gasteiger partial charge < -0.3 is 14.6 Å². The second-order valence-corrected chi connectivity index (χ2v) is 5.96. The lowest BCUT2D eigenvalue weighted by molar-refractivity contribution is -0.140. The third kappa shape index (κ3) is 2.01. The molecule has 0 aromatic carbocycles. The molecule has 5 atom stereocenters. The van der Waals surface area contributed by atoms with Gasteiger partial charge in [-0.15, -0.1) is 0 Å². The van der Waals surface area contributed by atoms with Crippen LogP contribution in [0.3, 0.4) is 0 Å². The molecule has 3 rings (SSSR count). The summed E-state index contributed by atoms with van der Waals surface area (Å²) in [5.74, 6) is -0.730. The third-order valence-corrected chi connectivity index (χ3v) is 4.61. The number of hydrogen-bond donors (Lipinski definition) is 1. The van der Waals surface area contributed by atoms with Crippen LogP contribution >= 0.6 is 0 Å². The fourth-order valence-electron chi connectivity index (χ4n) is 3.22. The molecule has 2 aliphatic heterocycles. The fraction of sp³-hybridized carbons (Fsp3) is 0.600. The van der Waals surface area contributed by atoms with Crippen LogP contribution in [-0.2, 0) is 19.1 Å². The van der Waals surface area contributed by atoms with Crippen molar-refractivity contribution in [2.75, 3.05) is 0 Å². The van der Waals surface area contributed by atoms with Gasteiger partial charge in [0.05, 0.1) is 11.7 Å². The van der Waals surface area contributed by atoms with E-state index in [2.05, 4.69) is 6.58 Å². The Hall–Kier alpha value is -1.46. The molecule has 2 saturated heterocycles. The van der Waals surface area contributed by atoms with Gasteiger partial charge in [-0.1, -0.05) is 12.7 Å². The quantitative estimate of drug-likeness (QED) is 0.334. The van der Waals surface area contributed by atoms with Crippen molar-refractivity contribution >= 4 is 12.3 Å². The average Bonchev–Trinajstić information content (AvgIpc) is 3.00. The van der Waals surface area contributed by atoms with Crippen LogP contribution in [0, 0.1) is 5.92 Å². The first-order chi connectivity index (χ1) is 9.46. The van der Waals surface area contributed by atoms with Gasteiger partial charge in [0.2, 0.25) is 0 Å². The highest BCUT2D eigenvalue weighted by Gasteiger charge is 2.61. The zero-order chi connectivity index (χ0) is 14.5. The van der Waals surface area contributed by atoms with E-state index in [1.165, 1.54) is 0 Å². The SMILES string of the molecule is C=C1C(=O)O[C@@H]2[C@H]3O[C@]3(C)CCC=C(C=O)[C@@H](O)C[C@@H]12. The minimum atomic E-state index is -0.894. The van der Waals surface area contributed by atoms with Crippen LogP contribution in [0.2, 0.25) is 0 Å². The van der Waals surface area contributed by atoms with Gasteiger partial charge in [0.15, 0.2) is 0 Å². The number of carbonyl (C=O) groups excluding carboxylic acids is 2. The number of fused-ring (bicyclic) bond motifs is 3. The number of allylic oxidation sites excluding steroid dienone is 1. The lowest BCUT2D eigenvalue weighted by atomic mass is 9.83. The largest absolute Gasteiger partial charge is 0.455 e. The molecular formula is C15H18O5. The van der Waals surface area contributed by atoms with Crippen molar-refractivity contribution in [1.82, 2.24) is 0 Å². The topological polar surface area (TPSA) is 76.1 Å². The van der Waals surface area contributed by atoms with Crippen LogP contribution in [0.5, 0.6) is 0 Å². The van der Waals surface area contributed by atoms with E-state index in [-0.39, 0.29) is 24.0 Å². The number of epoxide rings is 1. The standard InChI is InChI=1S/C15H18O5/c1-8-10-6-11(17)9(7-16)4-3-5-15(2)13(20-15)12(10)19-14(8)18/h4,7,10-13,17H,1,3,5-6H2,2H3/t10-,11-,12-,13+,15+/m0/s1. The Kier molecular flexibility index (Phi) is 3.06. The summed E-state index contributed by atoms with van der Waals surface area (Å²) in [4.78, 5) is 22.8. The molecule has 5 nitrogen and oxygen atoms in total. The molecule has 0 unspecified atom stereocenters. The van der Waals surface area contributed by atoms with Crippen molar-refractivity contribution in [1.29, 1.82) is 0 Å². The number of aliphatic hydroxyl groups is 1. The minimum Gasteiger partial charge on any atom is -0.455 e. The maximum absolute atomic E-state index is 11.7. The highest BCUT2D eigenvalue weighted by atomic mass is 16.6. The summed E-state index contributed by atoms with van der Waals surface area (Å²) in [7, 11) is 0.